The summed E-state index contributed by atoms with van der Waals surface area (Å²) in [4.78, 5) is 23.8. The third kappa shape index (κ3) is 2.80. The largest absolute Gasteiger partial charge is 0.508 e. The second-order valence-electron chi connectivity index (χ2n) is 5.37. The third-order valence-corrected chi connectivity index (χ3v) is 3.71. The molecule has 1 heterocycles. The van der Waals surface area contributed by atoms with Crippen molar-refractivity contribution in [3.8, 4) is 17.2 Å². The summed E-state index contributed by atoms with van der Waals surface area (Å²) in [6.45, 7) is 0. The number of cyclic esters (lactones) is 1. The molecule has 26 heavy (non-hydrogen) atoms. The molecule has 0 atom stereocenters. The molecule has 0 fully saturated rings. The number of phenols is 3. The number of carboxylic acid groups (broad SMARTS) is 1. The van der Waals surface area contributed by atoms with Crippen molar-refractivity contribution < 1.29 is 39.9 Å². The molecule has 3 rings (SSSR count). The van der Waals surface area contributed by atoms with E-state index in [9.17, 15) is 35.1 Å². The predicted octanol–water partition coefficient (Wildman–Crippen LogP) is 2.13. The summed E-state index contributed by atoms with van der Waals surface area (Å²) in [5, 5.41) is 48.1. The summed E-state index contributed by atoms with van der Waals surface area (Å²) in [7, 11) is 0. The lowest BCUT2D eigenvalue weighted by molar-refractivity contribution is -0.131. The second-order valence-corrected chi connectivity index (χ2v) is 5.37. The molecule has 5 N–H and O–H groups in total. The van der Waals surface area contributed by atoms with Crippen LogP contribution in [0.3, 0.4) is 0 Å². The molecule has 0 saturated heterocycles. The summed E-state index contributed by atoms with van der Waals surface area (Å²) >= 11 is 0. The van der Waals surface area contributed by atoms with Gasteiger partial charge in [0, 0.05) is 0 Å². The average molecular weight is 356 g/mol. The number of benzene rings is 2. The van der Waals surface area contributed by atoms with Crippen molar-refractivity contribution in [2.24, 2.45) is 0 Å². The third-order valence-electron chi connectivity index (χ3n) is 3.71. The van der Waals surface area contributed by atoms with Crippen LogP contribution in [0.2, 0.25) is 0 Å². The van der Waals surface area contributed by atoms with E-state index in [0.717, 1.165) is 12.1 Å². The highest BCUT2D eigenvalue weighted by atomic mass is 16.6. The van der Waals surface area contributed by atoms with Gasteiger partial charge < -0.3 is 30.3 Å². The normalized spacial score (nSPS) is 15.8. The van der Waals surface area contributed by atoms with E-state index in [1.165, 1.54) is 30.3 Å². The van der Waals surface area contributed by atoms with Crippen LogP contribution in [0.15, 0.2) is 54.0 Å². The highest BCUT2D eigenvalue weighted by Gasteiger charge is 2.36. The molecule has 1 aliphatic rings. The Morgan fingerprint density at radius 3 is 2.12 bits per heavy atom. The number of carbonyl (C=O) groups excluding carboxylic acids is 1. The molecular weight excluding hydrogens is 344 g/mol. The Kier molecular flexibility index (Phi) is 4.01. The van der Waals surface area contributed by atoms with Gasteiger partial charge in [0.25, 0.3) is 0 Å². The predicted molar refractivity (Wildman–Crippen MR) is 88.1 cm³/mol. The van der Waals surface area contributed by atoms with Crippen molar-refractivity contribution >= 4 is 23.1 Å². The van der Waals surface area contributed by atoms with E-state index >= 15 is 0 Å². The minimum absolute atomic E-state index is 0.0354. The van der Waals surface area contributed by atoms with Gasteiger partial charge in [-0.3, -0.25) is 0 Å². The Labute approximate surface area is 146 Å². The van der Waals surface area contributed by atoms with Crippen molar-refractivity contribution in [1.82, 2.24) is 0 Å². The zero-order valence-electron chi connectivity index (χ0n) is 13.0. The first kappa shape index (κ1) is 16.9. The number of rotatable bonds is 3. The number of phenolic OH excluding ortho intramolecular Hbond substituents is 3. The van der Waals surface area contributed by atoms with Crippen molar-refractivity contribution in [2.75, 3.05) is 0 Å². The molecule has 0 bridgehead atoms. The van der Waals surface area contributed by atoms with Crippen LogP contribution in [-0.2, 0) is 14.3 Å². The van der Waals surface area contributed by atoms with Gasteiger partial charge in [-0.05, 0) is 35.4 Å². The number of aliphatic hydroxyl groups is 1. The molecule has 8 nitrogen and oxygen atoms in total. The van der Waals surface area contributed by atoms with Gasteiger partial charge in [0.2, 0.25) is 0 Å². The first-order chi connectivity index (χ1) is 12.3. The summed E-state index contributed by atoms with van der Waals surface area (Å²) in [5.74, 6) is -4.79. The number of ether oxygens (including phenoxy) is 1. The molecule has 0 radical (unpaired) electrons. The molecule has 1 aliphatic heterocycles. The maximum atomic E-state index is 12.2. The summed E-state index contributed by atoms with van der Waals surface area (Å²) in [6, 6.07) is 8.47. The lowest BCUT2D eigenvalue weighted by atomic mass is 10.0. The van der Waals surface area contributed by atoms with Crippen molar-refractivity contribution in [3.63, 3.8) is 0 Å². The van der Waals surface area contributed by atoms with E-state index in [-0.39, 0.29) is 22.4 Å². The van der Waals surface area contributed by atoms with Gasteiger partial charge in [-0.15, -0.1) is 0 Å². The highest BCUT2D eigenvalue weighted by Crippen LogP contribution is 2.38. The van der Waals surface area contributed by atoms with E-state index in [2.05, 4.69) is 0 Å². The van der Waals surface area contributed by atoms with E-state index in [0.29, 0.717) is 0 Å². The summed E-state index contributed by atoms with van der Waals surface area (Å²) in [5.41, 5.74) is -0.700. The quantitative estimate of drug-likeness (QED) is 0.319. The van der Waals surface area contributed by atoms with Crippen LogP contribution < -0.4 is 0 Å². The van der Waals surface area contributed by atoms with Crippen molar-refractivity contribution in [3.05, 3.63) is 65.1 Å². The van der Waals surface area contributed by atoms with Crippen LogP contribution >= 0.6 is 0 Å². The van der Waals surface area contributed by atoms with E-state index in [4.69, 9.17) is 4.74 Å². The van der Waals surface area contributed by atoms with E-state index in [1.807, 2.05) is 0 Å². The number of esters is 1. The Hall–Kier alpha value is -3.94. The average Bonchev–Trinajstić information content (AvgIpc) is 2.86. The lowest BCUT2D eigenvalue weighted by Crippen LogP contribution is -2.06. The zero-order chi connectivity index (χ0) is 19.0. The molecule has 0 spiro atoms. The van der Waals surface area contributed by atoms with Gasteiger partial charge in [-0.1, -0.05) is 18.2 Å². The smallest absolute Gasteiger partial charge is 0.348 e. The highest BCUT2D eigenvalue weighted by molar-refractivity contribution is 6.25. The number of hydrogen-bond donors (Lipinski definition) is 5. The van der Waals surface area contributed by atoms with Gasteiger partial charge in [0.05, 0.1) is 0 Å². The minimum atomic E-state index is -1.46. The number of carbonyl (C=O) groups is 2. The number of carboxylic acids is 1. The first-order valence-corrected chi connectivity index (χ1v) is 7.24. The van der Waals surface area contributed by atoms with Gasteiger partial charge in [-0.25, -0.2) is 9.59 Å². The molecule has 0 amide bonds. The van der Waals surface area contributed by atoms with E-state index < -0.39 is 40.5 Å². The minimum Gasteiger partial charge on any atom is -0.508 e. The van der Waals surface area contributed by atoms with Crippen LogP contribution in [0.5, 0.6) is 17.2 Å². The van der Waals surface area contributed by atoms with Crippen molar-refractivity contribution in [1.29, 1.82) is 0 Å². The summed E-state index contributed by atoms with van der Waals surface area (Å²) < 4.78 is 4.95. The van der Waals surface area contributed by atoms with Crippen LogP contribution in [0.25, 0.3) is 11.1 Å². The van der Waals surface area contributed by atoms with Gasteiger partial charge in [0.15, 0.2) is 23.0 Å². The molecule has 2 aromatic rings. The standard InChI is InChI=1S/C18H12O8/c19-10-4-1-8(2-5-10)14(17(23)24)16-15(22)13(18(25)26-16)9-3-6-11(20)12(21)7-9/h1-7,19-22H,(H,23,24). The topological polar surface area (TPSA) is 145 Å². The fourth-order valence-electron chi connectivity index (χ4n) is 2.49. The molecule has 8 heteroatoms. The Morgan fingerprint density at radius 2 is 1.54 bits per heavy atom. The van der Waals surface area contributed by atoms with Gasteiger partial charge in [0.1, 0.15) is 16.9 Å². The number of aliphatic hydroxyl groups excluding tert-OH is 1. The van der Waals surface area contributed by atoms with Gasteiger partial charge in [-0.2, -0.15) is 0 Å². The monoisotopic (exact) mass is 356 g/mol. The second kappa shape index (κ2) is 6.17. The molecule has 0 aliphatic carbocycles. The lowest BCUT2D eigenvalue weighted by Gasteiger charge is -2.07. The number of aromatic hydroxyl groups is 3. The fourth-order valence-corrected chi connectivity index (χ4v) is 2.49. The molecule has 132 valence electrons. The number of hydrogen-bond acceptors (Lipinski definition) is 7. The van der Waals surface area contributed by atoms with Crippen LogP contribution in [0.4, 0.5) is 0 Å². The molecule has 0 saturated carbocycles. The SMILES string of the molecule is O=C(O)C(=C1OC(=O)C(c2ccc(O)c(O)c2)=C1O)c1ccc(O)cc1. The van der Waals surface area contributed by atoms with Crippen molar-refractivity contribution in [2.45, 2.75) is 0 Å². The Morgan fingerprint density at radius 1 is 0.885 bits per heavy atom. The first-order valence-electron chi connectivity index (χ1n) is 7.24. The fraction of sp³-hybridized carbons (Fsp3) is 0. The van der Waals surface area contributed by atoms with Crippen LogP contribution in [0.1, 0.15) is 11.1 Å². The molecule has 0 unspecified atom stereocenters. The molecule has 2 aromatic carbocycles. The number of aliphatic carboxylic acids is 1. The van der Waals surface area contributed by atoms with E-state index in [1.54, 1.807) is 0 Å². The van der Waals surface area contributed by atoms with Crippen LogP contribution in [0, 0.1) is 0 Å². The van der Waals surface area contributed by atoms with Gasteiger partial charge >= 0.3 is 11.9 Å². The summed E-state index contributed by atoms with van der Waals surface area (Å²) in [6.07, 6.45) is 0. The molecule has 0 aromatic heterocycles. The maximum Gasteiger partial charge on any atom is 0.348 e. The maximum absolute atomic E-state index is 12.2. The zero-order valence-corrected chi connectivity index (χ0v) is 13.0. The Balaban J connectivity index is 2.20. The van der Waals surface area contributed by atoms with Crippen LogP contribution in [-0.4, -0.2) is 37.5 Å². The Bertz CT molecular complexity index is 983. The molecular formula is C18H12O8.